The molecular weight excluding hydrogens is 249 g/mol. The van der Waals surface area contributed by atoms with Crippen LogP contribution in [0.3, 0.4) is 0 Å². The molecule has 0 amide bonds. The number of rotatable bonds is 3. The fourth-order valence-corrected chi connectivity index (χ4v) is 1.66. The third-order valence-corrected chi connectivity index (χ3v) is 2.52. The normalized spacial score (nSPS) is 10.8. The Kier molecular flexibility index (Phi) is 2.71. The van der Waals surface area contributed by atoms with Crippen LogP contribution < -0.4 is 5.73 Å². The van der Waals surface area contributed by atoms with E-state index in [4.69, 9.17) is 10.2 Å². The van der Waals surface area contributed by atoms with Crippen molar-refractivity contribution >= 4 is 5.82 Å². The van der Waals surface area contributed by atoms with E-state index in [2.05, 4.69) is 15.3 Å². The molecule has 2 N–H and O–H groups in total. The Balaban J connectivity index is 1.81. The Hall–Kier alpha value is -2.70. The number of anilines is 1. The number of nitrogens with zero attached hydrogens (tertiary/aromatic N) is 4. The first-order chi connectivity index (χ1) is 9.20. The van der Waals surface area contributed by atoms with E-state index in [9.17, 15) is 4.39 Å². The van der Waals surface area contributed by atoms with Crippen LogP contribution in [0.5, 0.6) is 0 Å². The van der Waals surface area contributed by atoms with E-state index in [-0.39, 0.29) is 5.82 Å². The molecule has 19 heavy (non-hydrogen) atoms. The maximum absolute atomic E-state index is 12.8. The number of aromatic nitrogens is 4. The summed E-state index contributed by atoms with van der Waals surface area (Å²) in [6.45, 7) is 0.412. The zero-order chi connectivity index (χ0) is 13.2. The van der Waals surface area contributed by atoms with Crippen LogP contribution in [0, 0.1) is 5.82 Å². The second-order valence-corrected chi connectivity index (χ2v) is 3.99. The standard InChI is InChI=1S/C12H10FN5O/c13-9-3-1-8(2-4-9)12-15-10(7-19-12)5-18-6-11(14)16-17-18/h1-4,6-7H,5,14H2. The predicted molar refractivity (Wildman–Crippen MR) is 65.4 cm³/mol. The number of hydrogen-bond acceptors (Lipinski definition) is 5. The number of nitrogens with two attached hydrogens (primary N) is 1. The second-order valence-electron chi connectivity index (χ2n) is 3.99. The fourth-order valence-electron chi connectivity index (χ4n) is 1.66. The predicted octanol–water partition coefficient (Wildman–Crippen LogP) is 1.70. The topological polar surface area (TPSA) is 82.8 Å². The van der Waals surface area contributed by atoms with Gasteiger partial charge in [-0.15, -0.1) is 5.10 Å². The Morgan fingerprint density at radius 3 is 2.74 bits per heavy atom. The van der Waals surface area contributed by atoms with Gasteiger partial charge in [0.2, 0.25) is 5.89 Å². The average Bonchev–Trinajstić information content (AvgIpc) is 3.00. The fraction of sp³-hybridized carbons (Fsp3) is 0.0833. The summed E-state index contributed by atoms with van der Waals surface area (Å²) in [6.07, 6.45) is 3.13. The van der Waals surface area contributed by atoms with Gasteiger partial charge in [0.1, 0.15) is 17.8 Å². The summed E-state index contributed by atoms with van der Waals surface area (Å²) in [7, 11) is 0. The van der Waals surface area contributed by atoms with E-state index in [1.165, 1.54) is 18.4 Å². The minimum atomic E-state index is -0.298. The van der Waals surface area contributed by atoms with Crippen LogP contribution in [0.15, 0.2) is 41.1 Å². The van der Waals surface area contributed by atoms with Crippen molar-refractivity contribution in [3.63, 3.8) is 0 Å². The van der Waals surface area contributed by atoms with Gasteiger partial charge in [0, 0.05) is 5.56 Å². The molecule has 96 valence electrons. The molecule has 2 aromatic heterocycles. The molecule has 0 aliphatic heterocycles. The molecule has 0 radical (unpaired) electrons. The highest BCUT2D eigenvalue weighted by molar-refractivity contribution is 5.52. The summed E-state index contributed by atoms with van der Waals surface area (Å²) in [4.78, 5) is 4.30. The van der Waals surface area contributed by atoms with Crippen molar-refractivity contribution in [2.75, 3.05) is 5.73 Å². The summed E-state index contributed by atoms with van der Waals surface area (Å²) in [5, 5.41) is 7.49. The molecular formula is C12H10FN5O. The lowest BCUT2D eigenvalue weighted by Gasteiger charge is -1.95. The summed E-state index contributed by atoms with van der Waals surface area (Å²) in [5.74, 6) is 0.485. The molecule has 0 spiro atoms. The molecule has 0 saturated carbocycles. The first-order valence-corrected chi connectivity index (χ1v) is 5.57. The maximum Gasteiger partial charge on any atom is 0.226 e. The molecule has 0 unspecified atom stereocenters. The zero-order valence-corrected chi connectivity index (χ0v) is 9.82. The van der Waals surface area contributed by atoms with Crippen molar-refractivity contribution in [2.24, 2.45) is 0 Å². The first kappa shape index (κ1) is 11.4. The van der Waals surface area contributed by atoms with Crippen LogP contribution in [0.25, 0.3) is 11.5 Å². The van der Waals surface area contributed by atoms with E-state index >= 15 is 0 Å². The van der Waals surface area contributed by atoms with Crippen molar-refractivity contribution in [3.05, 3.63) is 48.2 Å². The van der Waals surface area contributed by atoms with E-state index in [1.54, 1.807) is 23.0 Å². The number of benzene rings is 1. The maximum atomic E-state index is 12.8. The van der Waals surface area contributed by atoms with Gasteiger partial charge in [-0.05, 0) is 24.3 Å². The number of hydrogen-bond donors (Lipinski definition) is 1. The summed E-state index contributed by atoms with van der Waals surface area (Å²) >= 11 is 0. The van der Waals surface area contributed by atoms with E-state index in [1.807, 2.05) is 0 Å². The summed E-state index contributed by atoms with van der Waals surface area (Å²) in [6, 6.07) is 5.94. The minimum absolute atomic E-state index is 0.298. The Labute approximate surface area is 107 Å². The lowest BCUT2D eigenvalue weighted by Crippen LogP contribution is -2.00. The lowest BCUT2D eigenvalue weighted by atomic mass is 10.2. The molecule has 3 rings (SSSR count). The van der Waals surface area contributed by atoms with Gasteiger partial charge in [0.05, 0.1) is 12.7 Å². The van der Waals surface area contributed by atoms with Crippen molar-refractivity contribution in [3.8, 4) is 11.5 Å². The van der Waals surface area contributed by atoms with Gasteiger partial charge in [-0.25, -0.2) is 14.1 Å². The number of halogens is 1. The van der Waals surface area contributed by atoms with Crippen LogP contribution in [0.4, 0.5) is 10.2 Å². The van der Waals surface area contributed by atoms with Crippen LogP contribution in [-0.2, 0) is 6.54 Å². The van der Waals surface area contributed by atoms with Crippen molar-refractivity contribution in [1.29, 1.82) is 0 Å². The van der Waals surface area contributed by atoms with Gasteiger partial charge < -0.3 is 10.2 Å². The van der Waals surface area contributed by atoms with Gasteiger partial charge in [0.25, 0.3) is 0 Å². The third kappa shape index (κ3) is 2.44. The highest BCUT2D eigenvalue weighted by atomic mass is 19.1. The molecule has 7 heteroatoms. The van der Waals surface area contributed by atoms with Gasteiger partial charge in [-0.3, -0.25) is 0 Å². The van der Waals surface area contributed by atoms with Crippen molar-refractivity contribution < 1.29 is 8.81 Å². The summed E-state index contributed by atoms with van der Waals surface area (Å²) in [5.41, 5.74) is 6.87. The van der Waals surface area contributed by atoms with Crippen LogP contribution in [-0.4, -0.2) is 20.0 Å². The molecule has 2 heterocycles. The Morgan fingerprint density at radius 2 is 2.05 bits per heavy atom. The molecule has 0 bridgehead atoms. The molecule has 0 aliphatic carbocycles. The van der Waals surface area contributed by atoms with Crippen LogP contribution in [0.1, 0.15) is 5.69 Å². The van der Waals surface area contributed by atoms with Gasteiger partial charge in [-0.2, -0.15) is 0 Å². The monoisotopic (exact) mass is 259 g/mol. The van der Waals surface area contributed by atoms with Gasteiger partial charge >= 0.3 is 0 Å². The summed E-state index contributed by atoms with van der Waals surface area (Å²) < 4.78 is 19.7. The van der Waals surface area contributed by atoms with Crippen molar-refractivity contribution in [2.45, 2.75) is 6.54 Å². The molecule has 0 atom stereocenters. The quantitative estimate of drug-likeness (QED) is 0.774. The molecule has 0 saturated heterocycles. The van der Waals surface area contributed by atoms with Crippen molar-refractivity contribution in [1.82, 2.24) is 20.0 Å². The molecule has 0 fully saturated rings. The molecule has 3 aromatic rings. The Bertz CT molecular complexity index is 688. The smallest absolute Gasteiger partial charge is 0.226 e. The van der Waals surface area contributed by atoms with E-state index in [0.717, 1.165) is 0 Å². The minimum Gasteiger partial charge on any atom is -0.444 e. The van der Waals surface area contributed by atoms with Gasteiger partial charge in [-0.1, -0.05) is 5.21 Å². The number of oxazole rings is 1. The van der Waals surface area contributed by atoms with Gasteiger partial charge in [0.15, 0.2) is 5.82 Å². The SMILES string of the molecule is Nc1cn(Cc2coc(-c3ccc(F)cc3)n2)nn1. The first-order valence-electron chi connectivity index (χ1n) is 5.57. The molecule has 0 aliphatic rings. The van der Waals surface area contributed by atoms with Crippen LogP contribution >= 0.6 is 0 Å². The Morgan fingerprint density at radius 1 is 1.26 bits per heavy atom. The van der Waals surface area contributed by atoms with Crippen LogP contribution in [0.2, 0.25) is 0 Å². The zero-order valence-electron chi connectivity index (χ0n) is 9.82. The third-order valence-electron chi connectivity index (χ3n) is 2.52. The largest absolute Gasteiger partial charge is 0.444 e. The average molecular weight is 259 g/mol. The highest BCUT2D eigenvalue weighted by Crippen LogP contribution is 2.19. The molecule has 6 nitrogen and oxygen atoms in total. The van der Waals surface area contributed by atoms with E-state index in [0.29, 0.717) is 29.5 Å². The number of nitrogen functional groups attached to an aromatic ring is 1. The highest BCUT2D eigenvalue weighted by Gasteiger charge is 2.08. The molecule has 1 aromatic carbocycles. The van der Waals surface area contributed by atoms with E-state index < -0.39 is 0 Å². The lowest BCUT2D eigenvalue weighted by molar-refractivity contribution is 0.567. The second kappa shape index (κ2) is 4.52.